The molecule has 0 unspecified atom stereocenters. The van der Waals surface area contributed by atoms with Crippen LogP contribution in [0.4, 0.5) is 5.69 Å². The lowest BCUT2D eigenvalue weighted by molar-refractivity contribution is 0.854. The molecule has 2 rings (SSSR count). The van der Waals surface area contributed by atoms with Crippen molar-refractivity contribution >= 4 is 11.8 Å². The highest BCUT2D eigenvalue weighted by molar-refractivity contribution is 5.63. The minimum Gasteiger partial charge on any atom is -0.284 e. The fourth-order valence-corrected chi connectivity index (χ4v) is 1.24. The van der Waals surface area contributed by atoms with Crippen molar-refractivity contribution in [3.63, 3.8) is 0 Å². The summed E-state index contributed by atoms with van der Waals surface area (Å²) in [5.74, 6) is 0. The van der Waals surface area contributed by atoms with Crippen LogP contribution in [0.2, 0.25) is 0 Å². The highest BCUT2D eigenvalue weighted by Gasteiger charge is 2.00. The lowest BCUT2D eigenvalue weighted by Crippen LogP contribution is -1.97. The van der Waals surface area contributed by atoms with Gasteiger partial charge in [0.2, 0.25) is 0 Å². The van der Waals surface area contributed by atoms with Gasteiger partial charge in [-0.1, -0.05) is 30.4 Å². The molecule has 0 saturated carbocycles. The Morgan fingerprint density at radius 1 is 1.18 bits per heavy atom. The van der Waals surface area contributed by atoms with E-state index in [-0.39, 0.29) is 0 Å². The fraction of sp³-hybridized carbons (Fsp3) is 0.200. The monoisotopic (exact) mass is 144 g/mol. The Labute approximate surface area is 66.7 Å². The lowest BCUT2D eigenvalue weighted by atomic mass is 10.2. The van der Waals surface area contributed by atoms with E-state index in [9.17, 15) is 0 Å². The smallest absolute Gasteiger partial charge is 0.0646 e. The lowest BCUT2D eigenvalue weighted by Gasteiger charge is -2.01. The number of nitrogens with zero attached hydrogens (tertiary/aromatic N) is 1. The van der Waals surface area contributed by atoms with Crippen LogP contribution in [0.5, 0.6) is 0 Å². The zero-order chi connectivity index (χ0) is 7.52. The maximum absolute atomic E-state index is 4.42. The molecule has 1 heterocycles. The van der Waals surface area contributed by atoms with E-state index < -0.39 is 0 Å². The van der Waals surface area contributed by atoms with Gasteiger partial charge in [0.15, 0.2) is 0 Å². The van der Waals surface area contributed by atoms with Crippen molar-refractivity contribution in [1.82, 2.24) is 5.32 Å². The van der Waals surface area contributed by atoms with Gasteiger partial charge in [0.05, 0.1) is 5.69 Å². The van der Waals surface area contributed by atoms with E-state index in [0.29, 0.717) is 0 Å². The van der Waals surface area contributed by atoms with Crippen molar-refractivity contribution in [2.45, 2.75) is 6.42 Å². The quantitative estimate of drug-likeness (QED) is 0.530. The van der Waals surface area contributed by atoms with E-state index in [1.165, 1.54) is 5.56 Å². The zero-order valence-corrected chi connectivity index (χ0v) is 6.33. The summed E-state index contributed by atoms with van der Waals surface area (Å²) in [5, 5.41) is 4.42. The van der Waals surface area contributed by atoms with Gasteiger partial charge in [-0.3, -0.25) is 5.32 Å². The molecular formula is C10H10N. The molecular weight excluding hydrogens is 134 g/mol. The van der Waals surface area contributed by atoms with Gasteiger partial charge >= 0.3 is 0 Å². The fourth-order valence-electron chi connectivity index (χ4n) is 1.24. The summed E-state index contributed by atoms with van der Waals surface area (Å²) < 4.78 is 0. The Morgan fingerprint density at radius 2 is 2.09 bits per heavy atom. The molecule has 0 bridgehead atoms. The van der Waals surface area contributed by atoms with E-state index in [0.717, 1.165) is 18.7 Å². The molecule has 0 fully saturated rings. The second-order valence-electron chi connectivity index (χ2n) is 2.63. The summed E-state index contributed by atoms with van der Waals surface area (Å²) in [6.45, 7) is 0.924. The van der Waals surface area contributed by atoms with Crippen LogP contribution in [-0.2, 0) is 0 Å². The largest absolute Gasteiger partial charge is 0.284 e. The second kappa shape index (κ2) is 2.79. The van der Waals surface area contributed by atoms with Crippen LogP contribution in [0.1, 0.15) is 12.0 Å². The minimum absolute atomic E-state index is 0.924. The number of rotatable bonds is 0. The third kappa shape index (κ3) is 1.27. The summed E-state index contributed by atoms with van der Waals surface area (Å²) in [6.07, 6.45) is 5.38. The predicted molar refractivity (Wildman–Crippen MR) is 46.8 cm³/mol. The standard InChI is InChI=1S/C10H10N/c1-2-7-10-9(5-1)6-3-4-8-11-10/h1-3,5-7H,4,8H2. The Hall–Kier alpha value is -1.24. The molecule has 55 valence electrons. The number of fused-ring (bicyclic) bond motifs is 1. The van der Waals surface area contributed by atoms with E-state index in [1.54, 1.807) is 0 Å². The average Bonchev–Trinajstić information content (AvgIpc) is 2.28. The molecule has 0 spiro atoms. The summed E-state index contributed by atoms with van der Waals surface area (Å²) in [5.41, 5.74) is 2.37. The minimum atomic E-state index is 0.924. The van der Waals surface area contributed by atoms with Crippen molar-refractivity contribution in [1.29, 1.82) is 0 Å². The summed E-state index contributed by atoms with van der Waals surface area (Å²) >= 11 is 0. The van der Waals surface area contributed by atoms with Crippen LogP contribution >= 0.6 is 0 Å². The Morgan fingerprint density at radius 3 is 3.09 bits per heavy atom. The van der Waals surface area contributed by atoms with Crippen LogP contribution in [0.15, 0.2) is 30.3 Å². The van der Waals surface area contributed by atoms with Gasteiger partial charge in [0.25, 0.3) is 0 Å². The van der Waals surface area contributed by atoms with Crippen LogP contribution < -0.4 is 5.32 Å². The SMILES string of the molecule is C1=Cc2ccccc2[N]CC1. The van der Waals surface area contributed by atoms with Crippen LogP contribution in [0.25, 0.3) is 6.08 Å². The maximum Gasteiger partial charge on any atom is 0.0646 e. The van der Waals surface area contributed by atoms with Gasteiger partial charge in [-0.25, -0.2) is 0 Å². The highest BCUT2D eigenvalue weighted by atomic mass is 14.9. The van der Waals surface area contributed by atoms with Gasteiger partial charge in [0, 0.05) is 6.54 Å². The third-order valence-corrected chi connectivity index (χ3v) is 1.81. The van der Waals surface area contributed by atoms with E-state index >= 15 is 0 Å². The summed E-state index contributed by atoms with van der Waals surface area (Å²) in [4.78, 5) is 0. The van der Waals surface area contributed by atoms with Crippen LogP contribution in [0.3, 0.4) is 0 Å². The first-order valence-electron chi connectivity index (χ1n) is 3.90. The maximum atomic E-state index is 4.42. The third-order valence-electron chi connectivity index (χ3n) is 1.81. The van der Waals surface area contributed by atoms with Gasteiger partial charge in [-0.2, -0.15) is 0 Å². The van der Waals surface area contributed by atoms with Crippen molar-refractivity contribution in [2.75, 3.05) is 6.54 Å². The molecule has 1 radical (unpaired) electrons. The van der Waals surface area contributed by atoms with Gasteiger partial charge in [0.1, 0.15) is 0 Å². The van der Waals surface area contributed by atoms with Gasteiger partial charge in [-0.05, 0) is 18.1 Å². The molecule has 1 heteroatoms. The Balaban J connectivity index is 2.45. The van der Waals surface area contributed by atoms with Crippen molar-refractivity contribution in [3.8, 4) is 0 Å². The molecule has 1 aliphatic rings. The van der Waals surface area contributed by atoms with E-state index in [2.05, 4.69) is 29.6 Å². The molecule has 0 saturated heterocycles. The summed E-state index contributed by atoms with van der Waals surface area (Å²) in [6, 6.07) is 8.23. The number of para-hydroxylation sites is 1. The second-order valence-corrected chi connectivity index (χ2v) is 2.63. The zero-order valence-electron chi connectivity index (χ0n) is 6.33. The predicted octanol–water partition coefficient (Wildman–Crippen LogP) is 2.34. The first kappa shape index (κ1) is 6.47. The van der Waals surface area contributed by atoms with Crippen molar-refractivity contribution in [3.05, 3.63) is 35.9 Å². The molecule has 1 nitrogen and oxygen atoms in total. The number of hydrogen-bond acceptors (Lipinski definition) is 0. The van der Waals surface area contributed by atoms with Crippen LogP contribution in [0, 0.1) is 0 Å². The molecule has 0 aromatic heterocycles. The normalized spacial score (nSPS) is 14.9. The van der Waals surface area contributed by atoms with Gasteiger partial charge in [-0.15, -0.1) is 0 Å². The molecule has 11 heavy (non-hydrogen) atoms. The number of hydrogen-bond donors (Lipinski definition) is 0. The first-order chi connectivity index (χ1) is 5.47. The average molecular weight is 144 g/mol. The van der Waals surface area contributed by atoms with Crippen LogP contribution in [-0.4, -0.2) is 6.54 Å². The highest BCUT2D eigenvalue weighted by Crippen LogP contribution is 2.18. The van der Waals surface area contributed by atoms with Crippen molar-refractivity contribution in [2.24, 2.45) is 0 Å². The number of benzene rings is 1. The molecule has 0 amide bonds. The molecule has 0 atom stereocenters. The van der Waals surface area contributed by atoms with E-state index in [1.807, 2.05) is 12.1 Å². The Bertz CT molecular complexity index is 276. The molecule has 0 aliphatic carbocycles. The van der Waals surface area contributed by atoms with Gasteiger partial charge < -0.3 is 0 Å². The Kier molecular flexibility index (Phi) is 1.64. The summed E-state index contributed by atoms with van der Waals surface area (Å²) in [7, 11) is 0. The molecule has 1 aliphatic heterocycles. The molecule has 1 aromatic carbocycles. The topological polar surface area (TPSA) is 14.1 Å². The van der Waals surface area contributed by atoms with E-state index in [4.69, 9.17) is 0 Å². The molecule has 1 aromatic rings. The first-order valence-corrected chi connectivity index (χ1v) is 3.90. The molecule has 0 N–H and O–H groups in total. The van der Waals surface area contributed by atoms with Crippen molar-refractivity contribution < 1.29 is 0 Å².